The first-order valence-electron chi connectivity index (χ1n) is 8.16. The van der Waals surface area contributed by atoms with Crippen molar-refractivity contribution < 1.29 is 13.6 Å². The summed E-state index contributed by atoms with van der Waals surface area (Å²) in [6.45, 7) is 3.86. The van der Waals surface area contributed by atoms with E-state index in [1.165, 1.54) is 11.6 Å². The Morgan fingerprint density at radius 3 is 2.50 bits per heavy atom. The van der Waals surface area contributed by atoms with E-state index in [9.17, 15) is 13.6 Å². The molecular weight excluding hydrogens is 336 g/mol. The smallest absolute Gasteiger partial charge is 0.263 e. The summed E-state index contributed by atoms with van der Waals surface area (Å²) < 4.78 is 26.5. The van der Waals surface area contributed by atoms with Gasteiger partial charge in [0.2, 0.25) is 0 Å². The zero-order valence-electron chi connectivity index (χ0n) is 14.5. The van der Waals surface area contributed by atoms with Gasteiger partial charge in [-0.25, -0.2) is 8.78 Å². The standard InChI is InChI=1S/C20H19F2N3O/c1-3-14-4-6-15(7-5-14)13(2)25-20(26)16(11-23)12-24-19-9-8-17(21)10-18(19)22/h4-10,12-13,24H,3H2,1-2H3,(H,25,26)/b16-12-. The normalized spacial score (nSPS) is 12.2. The van der Waals surface area contributed by atoms with Crippen molar-refractivity contribution in [3.63, 3.8) is 0 Å². The van der Waals surface area contributed by atoms with Crippen LogP contribution in [0, 0.1) is 23.0 Å². The lowest BCUT2D eigenvalue weighted by Crippen LogP contribution is -2.28. The van der Waals surface area contributed by atoms with Gasteiger partial charge in [0, 0.05) is 12.3 Å². The highest BCUT2D eigenvalue weighted by Gasteiger charge is 2.14. The number of hydrogen-bond donors (Lipinski definition) is 2. The predicted octanol–water partition coefficient (Wildman–Crippen LogP) is 4.22. The van der Waals surface area contributed by atoms with E-state index in [2.05, 4.69) is 17.6 Å². The molecular formula is C20H19F2N3O. The van der Waals surface area contributed by atoms with Gasteiger partial charge in [-0.3, -0.25) is 4.79 Å². The van der Waals surface area contributed by atoms with Crippen molar-refractivity contribution in [3.8, 4) is 6.07 Å². The van der Waals surface area contributed by atoms with Crippen LogP contribution in [0.2, 0.25) is 0 Å². The number of anilines is 1. The number of nitrogens with one attached hydrogen (secondary N) is 2. The molecule has 2 N–H and O–H groups in total. The van der Waals surface area contributed by atoms with Gasteiger partial charge in [0.15, 0.2) is 0 Å². The summed E-state index contributed by atoms with van der Waals surface area (Å²) in [5.41, 5.74) is 1.85. The van der Waals surface area contributed by atoms with Crippen molar-refractivity contribution in [3.05, 3.63) is 77.0 Å². The number of halogens is 2. The Morgan fingerprint density at radius 2 is 1.92 bits per heavy atom. The second-order valence-corrected chi connectivity index (χ2v) is 5.73. The predicted molar refractivity (Wildman–Crippen MR) is 96.1 cm³/mol. The van der Waals surface area contributed by atoms with E-state index in [0.717, 1.165) is 24.3 Å². The number of amides is 1. The summed E-state index contributed by atoms with van der Waals surface area (Å²) in [5, 5.41) is 14.4. The van der Waals surface area contributed by atoms with E-state index in [4.69, 9.17) is 5.26 Å². The van der Waals surface area contributed by atoms with Crippen LogP contribution in [0.4, 0.5) is 14.5 Å². The molecule has 0 saturated heterocycles. The van der Waals surface area contributed by atoms with E-state index < -0.39 is 17.5 Å². The number of hydrogen-bond acceptors (Lipinski definition) is 3. The molecule has 0 heterocycles. The van der Waals surface area contributed by atoms with Crippen LogP contribution >= 0.6 is 0 Å². The average Bonchev–Trinajstić information content (AvgIpc) is 2.63. The molecule has 1 unspecified atom stereocenters. The van der Waals surface area contributed by atoms with Crippen LogP contribution in [0.3, 0.4) is 0 Å². The minimum absolute atomic E-state index is 0.0323. The number of nitrogens with zero attached hydrogens (tertiary/aromatic N) is 1. The fourth-order valence-electron chi connectivity index (χ4n) is 2.30. The Bertz CT molecular complexity index is 854. The van der Waals surface area contributed by atoms with Gasteiger partial charge in [-0.15, -0.1) is 0 Å². The highest BCUT2D eigenvalue weighted by molar-refractivity contribution is 5.97. The Labute approximate surface area is 151 Å². The van der Waals surface area contributed by atoms with Crippen molar-refractivity contribution in [1.29, 1.82) is 5.26 Å². The van der Waals surface area contributed by atoms with Crippen LogP contribution in [-0.2, 0) is 11.2 Å². The minimum Gasteiger partial charge on any atom is -0.358 e. The van der Waals surface area contributed by atoms with Gasteiger partial charge in [0.1, 0.15) is 23.3 Å². The molecule has 4 nitrogen and oxygen atoms in total. The molecule has 6 heteroatoms. The Kier molecular flexibility index (Phi) is 6.45. The number of carbonyl (C=O) groups excluding carboxylic acids is 1. The first-order valence-corrected chi connectivity index (χ1v) is 8.16. The summed E-state index contributed by atoms with van der Waals surface area (Å²) in [6.07, 6.45) is 2.02. The number of aryl methyl sites for hydroxylation is 1. The lowest BCUT2D eigenvalue weighted by molar-refractivity contribution is -0.117. The van der Waals surface area contributed by atoms with Crippen LogP contribution in [0.25, 0.3) is 0 Å². The molecule has 26 heavy (non-hydrogen) atoms. The van der Waals surface area contributed by atoms with Crippen LogP contribution in [0.1, 0.15) is 31.0 Å². The van der Waals surface area contributed by atoms with Gasteiger partial charge in [-0.1, -0.05) is 31.2 Å². The number of carbonyl (C=O) groups is 1. The first kappa shape index (κ1) is 19.1. The zero-order valence-corrected chi connectivity index (χ0v) is 14.5. The van der Waals surface area contributed by atoms with Gasteiger partial charge >= 0.3 is 0 Å². The second kappa shape index (κ2) is 8.77. The van der Waals surface area contributed by atoms with Crippen LogP contribution < -0.4 is 10.6 Å². The molecule has 0 bridgehead atoms. The van der Waals surface area contributed by atoms with Gasteiger partial charge in [-0.2, -0.15) is 5.26 Å². The van der Waals surface area contributed by atoms with Gasteiger partial charge < -0.3 is 10.6 Å². The maximum atomic E-state index is 13.6. The lowest BCUT2D eigenvalue weighted by Gasteiger charge is -2.14. The Hall–Kier alpha value is -3.20. The van der Waals surface area contributed by atoms with Gasteiger partial charge in [0.05, 0.1) is 11.7 Å². The average molecular weight is 355 g/mol. The van der Waals surface area contributed by atoms with Crippen LogP contribution in [-0.4, -0.2) is 5.91 Å². The molecule has 1 amide bonds. The molecule has 0 aliphatic rings. The van der Waals surface area contributed by atoms with Crippen LogP contribution in [0.5, 0.6) is 0 Å². The van der Waals surface area contributed by atoms with E-state index in [1.54, 1.807) is 13.0 Å². The monoisotopic (exact) mass is 355 g/mol. The summed E-state index contributed by atoms with van der Waals surface area (Å²) in [5.74, 6) is -2.11. The summed E-state index contributed by atoms with van der Waals surface area (Å²) in [4.78, 5) is 12.2. The lowest BCUT2D eigenvalue weighted by atomic mass is 10.0. The molecule has 1 atom stereocenters. The third-order valence-corrected chi connectivity index (χ3v) is 3.90. The minimum atomic E-state index is -0.816. The first-order chi connectivity index (χ1) is 12.4. The van der Waals surface area contributed by atoms with Crippen LogP contribution in [0.15, 0.2) is 54.2 Å². The maximum absolute atomic E-state index is 13.6. The highest BCUT2D eigenvalue weighted by Crippen LogP contribution is 2.16. The van der Waals surface area contributed by atoms with E-state index in [-0.39, 0.29) is 17.3 Å². The molecule has 0 spiro atoms. The topological polar surface area (TPSA) is 64.9 Å². The summed E-state index contributed by atoms with van der Waals surface area (Å²) >= 11 is 0. The number of benzene rings is 2. The maximum Gasteiger partial charge on any atom is 0.263 e. The fourth-order valence-corrected chi connectivity index (χ4v) is 2.30. The fraction of sp³-hybridized carbons (Fsp3) is 0.200. The molecule has 2 aromatic rings. The second-order valence-electron chi connectivity index (χ2n) is 5.73. The van der Waals surface area contributed by atoms with Crippen molar-refractivity contribution in [2.45, 2.75) is 26.3 Å². The Balaban J connectivity index is 2.06. The zero-order chi connectivity index (χ0) is 19.1. The van der Waals surface area contributed by atoms with Crippen molar-refractivity contribution in [2.75, 3.05) is 5.32 Å². The largest absolute Gasteiger partial charge is 0.358 e. The Morgan fingerprint density at radius 1 is 1.23 bits per heavy atom. The molecule has 0 fully saturated rings. The molecule has 0 aliphatic heterocycles. The molecule has 2 aromatic carbocycles. The number of nitriles is 1. The molecule has 0 aliphatic carbocycles. The SMILES string of the molecule is CCc1ccc(C(C)NC(=O)/C(C#N)=C\Nc2ccc(F)cc2F)cc1. The van der Waals surface area contributed by atoms with E-state index >= 15 is 0 Å². The van der Waals surface area contributed by atoms with E-state index in [1.807, 2.05) is 24.3 Å². The van der Waals surface area contributed by atoms with Crippen molar-refractivity contribution in [2.24, 2.45) is 0 Å². The molecule has 2 rings (SSSR count). The highest BCUT2D eigenvalue weighted by atomic mass is 19.1. The van der Waals surface area contributed by atoms with Crippen molar-refractivity contribution >= 4 is 11.6 Å². The molecule has 0 saturated carbocycles. The van der Waals surface area contributed by atoms with Gasteiger partial charge in [-0.05, 0) is 36.6 Å². The molecule has 0 radical (unpaired) electrons. The summed E-state index contributed by atoms with van der Waals surface area (Å²) in [6, 6.07) is 12.3. The molecule has 134 valence electrons. The summed E-state index contributed by atoms with van der Waals surface area (Å²) in [7, 11) is 0. The quantitative estimate of drug-likeness (QED) is 0.602. The number of rotatable bonds is 6. The third-order valence-electron chi connectivity index (χ3n) is 3.90. The van der Waals surface area contributed by atoms with Gasteiger partial charge in [0.25, 0.3) is 5.91 Å². The van der Waals surface area contributed by atoms with Crippen molar-refractivity contribution in [1.82, 2.24) is 5.32 Å². The third kappa shape index (κ3) is 4.90. The molecule has 0 aromatic heterocycles. The van der Waals surface area contributed by atoms with E-state index in [0.29, 0.717) is 6.07 Å².